The summed E-state index contributed by atoms with van der Waals surface area (Å²) < 4.78 is 16.4. The monoisotopic (exact) mass is 532 g/mol. The minimum atomic E-state index is -0.861. The molecule has 2 bridgehead atoms. The van der Waals surface area contributed by atoms with Gasteiger partial charge in [0.2, 0.25) is 0 Å². The van der Waals surface area contributed by atoms with E-state index in [1.165, 1.54) is 17.5 Å². The van der Waals surface area contributed by atoms with Crippen LogP contribution in [0.15, 0.2) is 24.5 Å². The van der Waals surface area contributed by atoms with Gasteiger partial charge < -0.3 is 15.4 Å². The number of fused-ring (bicyclic) bond motifs is 4. The van der Waals surface area contributed by atoms with Gasteiger partial charge in [-0.1, -0.05) is 23.2 Å². The number of hydrogen-bond acceptors (Lipinski definition) is 7. The van der Waals surface area contributed by atoms with Crippen molar-refractivity contribution in [2.75, 3.05) is 5.32 Å². The number of thiophene rings is 1. The summed E-state index contributed by atoms with van der Waals surface area (Å²) in [7, 11) is 0. The topological polar surface area (TPSA) is 117 Å². The molecule has 180 valence electrons. The third-order valence-corrected chi connectivity index (χ3v) is 8.48. The lowest BCUT2D eigenvalue weighted by Crippen LogP contribution is -2.51. The Labute approximate surface area is 213 Å². The molecule has 3 saturated carbocycles. The van der Waals surface area contributed by atoms with E-state index in [2.05, 4.69) is 30.2 Å². The van der Waals surface area contributed by atoms with Crippen LogP contribution in [0.4, 0.5) is 10.2 Å². The van der Waals surface area contributed by atoms with Crippen molar-refractivity contribution >= 4 is 57.5 Å². The van der Waals surface area contributed by atoms with Gasteiger partial charge in [0.25, 0.3) is 0 Å². The van der Waals surface area contributed by atoms with Crippen LogP contribution in [0.3, 0.4) is 0 Å². The Hall–Kier alpha value is -2.82. The van der Waals surface area contributed by atoms with Gasteiger partial charge in [-0.25, -0.2) is 24.3 Å². The fourth-order valence-electron chi connectivity index (χ4n) is 5.48. The third-order valence-electron chi connectivity index (χ3n) is 7.06. The van der Waals surface area contributed by atoms with Crippen LogP contribution in [0.1, 0.15) is 25.7 Å². The number of carboxylic acid groups (broad SMARTS) is 1. The molecule has 4 aromatic heterocycles. The van der Waals surface area contributed by atoms with Crippen LogP contribution in [0, 0.1) is 23.6 Å². The van der Waals surface area contributed by atoms with E-state index in [4.69, 9.17) is 23.2 Å². The second kappa shape index (κ2) is 8.69. The molecule has 0 unspecified atom stereocenters. The van der Waals surface area contributed by atoms with Crippen LogP contribution in [-0.4, -0.2) is 42.0 Å². The number of aromatic nitrogens is 5. The van der Waals surface area contributed by atoms with Gasteiger partial charge in [0, 0.05) is 12.2 Å². The summed E-state index contributed by atoms with van der Waals surface area (Å²) in [5.41, 5.74) is 1.54. The molecular weight excluding hydrogens is 514 g/mol. The lowest BCUT2D eigenvalue weighted by atomic mass is 9.61. The Morgan fingerprint density at radius 2 is 1.91 bits per heavy atom. The highest BCUT2D eigenvalue weighted by Crippen LogP contribution is 2.47. The Morgan fingerprint density at radius 3 is 2.63 bits per heavy atom. The number of carboxylic acids is 1. The van der Waals surface area contributed by atoms with Crippen molar-refractivity contribution in [3.8, 4) is 22.0 Å². The minimum absolute atomic E-state index is 0.0328. The van der Waals surface area contributed by atoms with Gasteiger partial charge in [0.05, 0.1) is 26.9 Å². The number of H-pyrrole nitrogens is 1. The summed E-state index contributed by atoms with van der Waals surface area (Å²) in [6.45, 7) is 0. The maximum absolute atomic E-state index is 15.9. The quantitative estimate of drug-likeness (QED) is 0.293. The SMILES string of the molecule is O=C(O)[C@@H]1C2CCC(CC2)[C@H]1Nc1nc(-c2c[nH]c3nc(Cl)cnc23)nc(-c2ccc(Cl)s2)c1F. The zero-order chi connectivity index (χ0) is 24.3. The molecule has 0 amide bonds. The van der Waals surface area contributed by atoms with Gasteiger partial charge in [-0.15, -0.1) is 11.3 Å². The lowest BCUT2D eigenvalue weighted by Gasteiger charge is -2.47. The first-order valence-electron chi connectivity index (χ1n) is 11.2. The molecule has 8 nitrogen and oxygen atoms in total. The van der Waals surface area contributed by atoms with Crippen molar-refractivity contribution in [2.45, 2.75) is 31.7 Å². The van der Waals surface area contributed by atoms with Crippen LogP contribution >= 0.6 is 34.5 Å². The molecule has 0 spiro atoms. The number of carbonyl (C=O) groups is 1. The van der Waals surface area contributed by atoms with Crippen LogP contribution in [0.25, 0.3) is 33.1 Å². The molecule has 7 rings (SSSR count). The highest BCUT2D eigenvalue weighted by molar-refractivity contribution is 7.19. The number of hydrogen-bond donors (Lipinski definition) is 3. The molecular formula is C23H19Cl2FN6O2S. The molecule has 0 radical (unpaired) electrons. The van der Waals surface area contributed by atoms with Crippen molar-refractivity contribution in [3.63, 3.8) is 0 Å². The van der Waals surface area contributed by atoms with Crippen LogP contribution < -0.4 is 5.32 Å². The van der Waals surface area contributed by atoms with Crippen molar-refractivity contribution < 1.29 is 14.3 Å². The fourth-order valence-corrected chi connectivity index (χ4v) is 6.64. The zero-order valence-electron chi connectivity index (χ0n) is 18.1. The smallest absolute Gasteiger partial charge is 0.308 e. The summed E-state index contributed by atoms with van der Waals surface area (Å²) in [5.74, 6) is -1.70. The number of halogens is 3. The molecule has 4 heterocycles. The Morgan fingerprint density at radius 1 is 1.14 bits per heavy atom. The first kappa shape index (κ1) is 22.6. The first-order valence-corrected chi connectivity index (χ1v) is 12.8. The summed E-state index contributed by atoms with van der Waals surface area (Å²) in [5, 5.41) is 13.4. The van der Waals surface area contributed by atoms with Crippen molar-refractivity contribution in [2.24, 2.45) is 17.8 Å². The lowest BCUT2D eigenvalue weighted by molar-refractivity contribution is -0.148. The summed E-state index contributed by atoms with van der Waals surface area (Å²) >= 11 is 13.3. The van der Waals surface area contributed by atoms with E-state index in [0.717, 1.165) is 25.7 Å². The Kier molecular flexibility index (Phi) is 5.62. The molecule has 0 aliphatic heterocycles. The van der Waals surface area contributed by atoms with Crippen molar-refractivity contribution in [3.05, 3.63) is 39.8 Å². The molecule has 0 saturated heterocycles. The van der Waals surface area contributed by atoms with Gasteiger partial charge in [0.15, 0.2) is 23.1 Å². The molecule has 3 N–H and O–H groups in total. The van der Waals surface area contributed by atoms with Gasteiger partial charge in [-0.2, -0.15) is 0 Å². The van der Waals surface area contributed by atoms with E-state index >= 15 is 4.39 Å². The van der Waals surface area contributed by atoms with Crippen LogP contribution in [-0.2, 0) is 4.79 Å². The van der Waals surface area contributed by atoms with Gasteiger partial charge >= 0.3 is 5.97 Å². The number of anilines is 1. The predicted molar refractivity (Wildman–Crippen MR) is 132 cm³/mol. The maximum atomic E-state index is 15.9. The number of aliphatic carboxylic acids is 1. The largest absolute Gasteiger partial charge is 0.481 e. The van der Waals surface area contributed by atoms with E-state index in [9.17, 15) is 9.90 Å². The zero-order valence-corrected chi connectivity index (χ0v) is 20.5. The second-order valence-corrected chi connectivity index (χ2v) is 11.1. The molecule has 4 aromatic rings. The molecule has 3 fully saturated rings. The fraction of sp³-hybridized carbons (Fsp3) is 0.348. The van der Waals surface area contributed by atoms with Gasteiger partial charge in [-0.3, -0.25) is 4.79 Å². The van der Waals surface area contributed by atoms with Crippen LogP contribution in [0.2, 0.25) is 9.49 Å². The summed E-state index contributed by atoms with van der Waals surface area (Å²) in [6, 6.07) is 2.96. The number of rotatable bonds is 5. The molecule has 3 aliphatic carbocycles. The number of nitrogens with zero attached hydrogens (tertiary/aromatic N) is 4. The van der Waals surface area contributed by atoms with Gasteiger partial charge in [0.1, 0.15) is 16.4 Å². The third kappa shape index (κ3) is 3.93. The average Bonchev–Trinajstić information content (AvgIpc) is 3.46. The van der Waals surface area contributed by atoms with Crippen LogP contribution in [0.5, 0.6) is 0 Å². The Bertz CT molecular complexity index is 1450. The molecule has 0 aromatic carbocycles. The van der Waals surface area contributed by atoms with Crippen molar-refractivity contribution in [1.82, 2.24) is 24.9 Å². The average molecular weight is 533 g/mol. The molecule has 35 heavy (non-hydrogen) atoms. The maximum Gasteiger partial charge on any atom is 0.308 e. The minimum Gasteiger partial charge on any atom is -0.481 e. The normalized spacial score (nSPS) is 23.6. The van der Waals surface area contributed by atoms with E-state index in [1.54, 1.807) is 18.3 Å². The summed E-state index contributed by atoms with van der Waals surface area (Å²) in [4.78, 5) is 33.3. The Balaban J connectivity index is 1.49. The number of nitrogens with one attached hydrogen (secondary N) is 2. The van der Waals surface area contributed by atoms with E-state index < -0.39 is 23.7 Å². The standard InChI is InChI=1S/C23H19Cl2FN6O2S/c24-13-8-27-18-11(7-28-22(18)29-13)20-31-19(12-5-6-14(25)35-12)16(26)21(32-20)30-17-10-3-1-9(2-4-10)15(17)23(33)34/h5-10,15,17H,1-4H2,(H,28,29)(H,33,34)(H,30,31,32)/t9?,10?,15-,17-/m1/s1. The highest BCUT2D eigenvalue weighted by Gasteiger charge is 2.47. The molecule has 3 aliphatic rings. The number of aromatic amines is 1. The van der Waals surface area contributed by atoms with Crippen molar-refractivity contribution in [1.29, 1.82) is 0 Å². The molecule has 12 heteroatoms. The molecule has 2 atom stereocenters. The highest BCUT2D eigenvalue weighted by atomic mass is 35.5. The summed E-state index contributed by atoms with van der Waals surface area (Å²) in [6.07, 6.45) is 6.65. The van der Waals surface area contributed by atoms with E-state index in [1.807, 2.05) is 0 Å². The first-order chi connectivity index (χ1) is 16.9. The van der Waals surface area contributed by atoms with Gasteiger partial charge in [-0.05, 0) is 49.7 Å². The van der Waals surface area contributed by atoms with E-state index in [0.29, 0.717) is 25.9 Å². The second-order valence-electron chi connectivity index (χ2n) is 8.96. The predicted octanol–water partition coefficient (Wildman–Crippen LogP) is 5.89. The van der Waals surface area contributed by atoms with E-state index in [-0.39, 0.29) is 34.3 Å².